The second-order valence-corrected chi connectivity index (χ2v) is 4.51. The predicted molar refractivity (Wildman–Crippen MR) is 69.7 cm³/mol. The smallest absolute Gasteiger partial charge is 0.0720 e. The number of rotatable bonds is 6. The first-order valence-corrected chi connectivity index (χ1v) is 6.09. The van der Waals surface area contributed by atoms with Gasteiger partial charge in [0, 0.05) is 11.7 Å². The minimum absolute atomic E-state index is 0.290. The van der Waals surface area contributed by atoms with Crippen LogP contribution in [0.5, 0.6) is 0 Å². The first-order valence-electron chi connectivity index (χ1n) is 6.09. The Morgan fingerprint density at radius 3 is 2.25 bits per heavy atom. The summed E-state index contributed by atoms with van der Waals surface area (Å²) in [5, 5.41) is 3.44. The molecule has 0 heterocycles. The van der Waals surface area contributed by atoms with Gasteiger partial charge in [-0.05, 0) is 44.9 Å². The van der Waals surface area contributed by atoms with Crippen LogP contribution in [0.2, 0.25) is 0 Å². The van der Waals surface area contributed by atoms with Gasteiger partial charge in [-0.25, -0.2) is 0 Å². The Morgan fingerprint density at radius 2 is 1.75 bits per heavy atom. The standard InChI is InChI=1S/C14H23NO/c1-5-12(4)15-14-8-6-13(7-9-14)10-16-11(2)3/h6-9,11-12,15H,5,10H2,1-4H3. The molecule has 0 aromatic heterocycles. The second kappa shape index (κ2) is 6.54. The molecule has 0 amide bonds. The van der Waals surface area contributed by atoms with E-state index < -0.39 is 0 Å². The summed E-state index contributed by atoms with van der Waals surface area (Å²) < 4.78 is 5.55. The highest BCUT2D eigenvalue weighted by molar-refractivity contribution is 5.45. The summed E-state index contributed by atoms with van der Waals surface area (Å²) in [5.41, 5.74) is 2.41. The maximum atomic E-state index is 5.55. The highest BCUT2D eigenvalue weighted by atomic mass is 16.5. The number of ether oxygens (including phenoxy) is 1. The maximum absolute atomic E-state index is 5.55. The molecule has 0 spiro atoms. The Bertz CT molecular complexity index is 292. The van der Waals surface area contributed by atoms with Crippen LogP contribution in [0.25, 0.3) is 0 Å². The van der Waals surface area contributed by atoms with Crippen molar-refractivity contribution in [1.29, 1.82) is 0 Å². The lowest BCUT2D eigenvalue weighted by Gasteiger charge is -2.13. The van der Waals surface area contributed by atoms with Crippen LogP contribution in [0.15, 0.2) is 24.3 Å². The van der Waals surface area contributed by atoms with E-state index in [1.165, 1.54) is 11.3 Å². The minimum Gasteiger partial charge on any atom is -0.383 e. The molecular formula is C14H23NO. The van der Waals surface area contributed by atoms with Gasteiger partial charge in [0.25, 0.3) is 0 Å². The molecule has 0 radical (unpaired) electrons. The molecule has 0 bridgehead atoms. The van der Waals surface area contributed by atoms with Gasteiger partial charge in [-0.3, -0.25) is 0 Å². The molecule has 1 atom stereocenters. The monoisotopic (exact) mass is 221 g/mol. The quantitative estimate of drug-likeness (QED) is 0.788. The molecule has 0 saturated carbocycles. The third kappa shape index (κ3) is 4.67. The Hall–Kier alpha value is -1.02. The Labute approximate surface area is 99.0 Å². The molecule has 0 aliphatic heterocycles. The van der Waals surface area contributed by atoms with Gasteiger partial charge >= 0.3 is 0 Å². The van der Waals surface area contributed by atoms with E-state index in [1.807, 2.05) is 0 Å². The molecule has 2 nitrogen and oxygen atoms in total. The van der Waals surface area contributed by atoms with Gasteiger partial charge in [0.05, 0.1) is 12.7 Å². The molecule has 0 aliphatic carbocycles. The predicted octanol–water partition coefficient (Wildman–Crippen LogP) is 3.82. The summed E-state index contributed by atoms with van der Waals surface area (Å²) in [7, 11) is 0. The largest absolute Gasteiger partial charge is 0.383 e. The van der Waals surface area contributed by atoms with Crippen LogP contribution in [0.3, 0.4) is 0 Å². The van der Waals surface area contributed by atoms with Crippen molar-refractivity contribution in [3.63, 3.8) is 0 Å². The van der Waals surface area contributed by atoms with Crippen molar-refractivity contribution in [2.45, 2.75) is 52.9 Å². The lowest BCUT2D eigenvalue weighted by molar-refractivity contribution is 0.0657. The zero-order chi connectivity index (χ0) is 12.0. The van der Waals surface area contributed by atoms with Gasteiger partial charge in [0.1, 0.15) is 0 Å². The van der Waals surface area contributed by atoms with Crippen LogP contribution in [0.4, 0.5) is 5.69 Å². The van der Waals surface area contributed by atoms with E-state index in [-0.39, 0.29) is 6.10 Å². The van der Waals surface area contributed by atoms with Crippen LogP contribution < -0.4 is 5.32 Å². The summed E-state index contributed by atoms with van der Waals surface area (Å²) in [4.78, 5) is 0. The zero-order valence-corrected chi connectivity index (χ0v) is 10.8. The van der Waals surface area contributed by atoms with Crippen molar-refractivity contribution in [2.75, 3.05) is 5.32 Å². The van der Waals surface area contributed by atoms with E-state index in [0.717, 1.165) is 6.42 Å². The molecule has 16 heavy (non-hydrogen) atoms. The lowest BCUT2D eigenvalue weighted by atomic mass is 10.2. The highest BCUT2D eigenvalue weighted by Gasteiger charge is 1.99. The SMILES string of the molecule is CCC(C)Nc1ccc(COC(C)C)cc1. The number of benzene rings is 1. The van der Waals surface area contributed by atoms with E-state index in [0.29, 0.717) is 12.6 Å². The average molecular weight is 221 g/mol. The number of hydrogen-bond donors (Lipinski definition) is 1. The lowest BCUT2D eigenvalue weighted by Crippen LogP contribution is -2.13. The van der Waals surface area contributed by atoms with Crippen molar-refractivity contribution in [1.82, 2.24) is 0 Å². The van der Waals surface area contributed by atoms with E-state index in [1.54, 1.807) is 0 Å². The number of nitrogens with one attached hydrogen (secondary N) is 1. The summed E-state index contributed by atoms with van der Waals surface area (Å²) in [6, 6.07) is 8.99. The van der Waals surface area contributed by atoms with E-state index >= 15 is 0 Å². The molecule has 0 fully saturated rings. The van der Waals surface area contributed by atoms with Crippen molar-refractivity contribution in [3.05, 3.63) is 29.8 Å². The van der Waals surface area contributed by atoms with Crippen molar-refractivity contribution in [2.24, 2.45) is 0 Å². The van der Waals surface area contributed by atoms with Gasteiger partial charge in [0.15, 0.2) is 0 Å². The molecule has 1 rings (SSSR count). The topological polar surface area (TPSA) is 21.3 Å². The molecule has 2 heteroatoms. The van der Waals surface area contributed by atoms with Crippen LogP contribution in [-0.4, -0.2) is 12.1 Å². The summed E-state index contributed by atoms with van der Waals surface area (Å²) in [6.45, 7) is 9.18. The zero-order valence-electron chi connectivity index (χ0n) is 10.8. The van der Waals surface area contributed by atoms with E-state index in [2.05, 4.69) is 57.3 Å². The van der Waals surface area contributed by atoms with Gasteiger partial charge in [-0.2, -0.15) is 0 Å². The highest BCUT2D eigenvalue weighted by Crippen LogP contribution is 2.12. The average Bonchev–Trinajstić information content (AvgIpc) is 2.28. The minimum atomic E-state index is 0.290. The van der Waals surface area contributed by atoms with Gasteiger partial charge in [-0.1, -0.05) is 19.1 Å². The fraction of sp³-hybridized carbons (Fsp3) is 0.571. The molecule has 1 unspecified atom stereocenters. The summed E-state index contributed by atoms with van der Waals surface area (Å²) in [6.07, 6.45) is 1.43. The van der Waals surface area contributed by atoms with Gasteiger partial charge < -0.3 is 10.1 Å². The van der Waals surface area contributed by atoms with Crippen LogP contribution in [-0.2, 0) is 11.3 Å². The maximum Gasteiger partial charge on any atom is 0.0720 e. The fourth-order valence-corrected chi connectivity index (χ4v) is 1.35. The molecule has 90 valence electrons. The first kappa shape index (κ1) is 13.0. The van der Waals surface area contributed by atoms with Crippen LogP contribution in [0.1, 0.15) is 39.7 Å². The molecule has 0 aliphatic rings. The number of anilines is 1. The Kier molecular flexibility index (Phi) is 5.33. The molecule has 1 aromatic rings. The second-order valence-electron chi connectivity index (χ2n) is 4.51. The molecule has 1 N–H and O–H groups in total. The Balaban J connectivity index is 2.47. The van der Waals surface area contributed by atoms with Crippen molar-refractivity contribution < 1.29 is 4.74 Å². The van der Waals surface area contributed by atoms with Crippen molar-refractivity contribution >= 4 is 5.69 Å². The normalized spacial score (nSPS) is 12.8. The third-order valence-electron chi connectivity index (χ3n) is 2.56. The van der Waals surface area contributed by atoms with Gasteiger partial charge in [-0.15, -0.1) is 0 Å². The third-order valence-corrected chi connectivity index (χ3v) is 2.56. The van der Waals surface area contributed by atoms with E-state index in [9.17, 15) is 0 Å². The van der Waals surface area contributed by atoms with Crippen LogP contribution >= 0.6 is 0 Å². The first-order chi connectivity index (χ1) is 7.61. The molecular weight excluding hydrogens is 198 g/mol. The summed E-state index contributed by atoms with van der Waals surface area (Å²) >= 11 is 0. The molecule has 1 aromatic carbocycles. The fourth-order valence-electron chi connectivity index (χ4n) is 1.35. The van der Waals surface area contributed by atoms with Crippen molar-refractivity contribution in [3.8, 4) is 0 Å². The molecule has 0 saturated heterocycles. The summed E-state index contributed by atoms with van der Waals surface area (Å²) in [5.74, 6) is 0. The van der Waals surface area contributed by atoms with Crippen LogP contribution in [0, 0.1) is 0 Å². The Morgan fingerprint density at radius 1 is 1.12 bits per heavy atom. The van der Waals surface area contributed by atoms with E-state index in [4.69, 9.17) is 4.74 Å². The number of hydrogen-bond acceptors (Lipinski definition) is 2. The van der Waals surface area contributed by atoms with Gasteiger partial charge in [0.2, 0.25) is 0 Å².